The van der Waals surface area contributed by atoms with Gasteiger partial charge < -0.3 is 10.2 Å². The third-order valence-electron chi connectivity index (χ3n) is 4.44. The van der Waals surface area contributed by atoms with E-state index in [9.17, 15) is 22.8 Å². The standard InChI is InChI=1S/C19H17F3N2O2/c1-10-3-4-11(2)15(7-10)24-9-12(8-16(24)25)19(26)23-14-6-5-13(20)17(21)18(14)22/h3-7,12H,8-9H2,1-2H3,(H,23,26). The number of rotatable bonds is 3. The minimum Gasteiger partial charge on any atom is -0.323 e. The molecule has 1 heterocycles. The van der Waals surface area contributed by atoms with E-state index in [1.54, 1.807) is 0 Å². The minimum atomic E-state index is -1.65. The second-order valence-electron chi connectivity index (χ2n) is 6.41. The number of amides is 2. The van der Waals surface area contributed by atoms with E-state index < -0.39 is 35.0 Å². The van der Waals surface area contributed by atoms with E-state index >= 15 is 0 Å². The van der Waals surface area contributed by atoms with Gasteiger partial charge in [-0.1, -0.05) is 12.1 Å². The van der Waals surface area contributed by atoms with E-state index in [0.29, 0.717) is 0 Å². The monoisotopic (exact) mass is 362 g/mol. The van der Waals surface area contributed by atoms with E-state index in [-0.39, 0.29) is 18.9 Å². The van der Waals surface area contributed by atoms with Gasteiger partial charge >= 0.3 is 0 Å². The molecule has 26 heavy (non-hydrogen) atoms. The van der Waals surface area contributed by atoms with Gasteiger partial charge in [-0.2, -0.15) is 0 Å². The summed E-state index contributed by atoms with van der Waals surface area (Å²) in [5, 5.41) is 2.24. The van der Waals surface area contributed by atoms with Gasteiger partial charge in [-0.3, -0.25) is 9.59 Å². The van der Waals surface area contributed by atoms with Crippen LogP contribution in [0.3, 0.4) is 0 Å². The van der Waals surface area contributed by atoms with Crippen LogP contribution in [0.15, 0.2) is 30.3 Å². The first kappa shape index (κ1) is 18.0. The number of carbonyl (C=O) groups is 2. The molecule has 2 aromatic rings. The third kappa shape index (κ3) is 3.29. The van der Waals surface area contributed by atoms with Gasteiger partial charge in [0.2, 0.25) is 11.8 Å². The number of hydrogen-bond donors (Lipinski definition) is 1. The summed E-state index contributed by atoms with van der Waals surface area (Å²) in [6.45, 7) is 3.91. The minimum absolute atomic E-state index is 0.0372. The number of nitrogens with zero attached hydrogens (tertiary/aromatic N) is 1. The lowest BCUT2D eigenvalue weighted by atomic mass is 10.1. The molecule has 1 fully saturated rings. The molecule has 7 heteroatoms. The zero-order valence-electron chi connectivity index (χ0n) is 14.3. The lowest BCUT2D eigenvalue weighted by molar-refractivity contribution is -0.122. The van der Waals surface area contributed by atoms with Gasteiger partial charge in [0.05, 0.1) is 11.6 Å². The van der Waals surface area contributed by atoms with E-state index in [1.165, 1.54) is 4.90 Å². The summed E-state index contributed by atoms with van der Waals surface area (Å²) in [4.78, 5) is 26.2. The molecule has 2 aromatic carbocycles. The Labute approximate surface area is 148 Å². The van der Waals surface area contributed by atoms with Crippen molar-refractivity contribution in [1.82, 2.24) is 0 Å². The molecule has 1 N–H and O–H groups in total. The first-order chi connectivity index (χ1) is 12.3. The summed E-state index contributed by atoms with van der Waals surface area (Å²) in [5.41, 5.74) is 2.16. The van der Waals surface area contributed by atoms with Crippen LogP contribution in [0.4, 0.5) is 24.5 Å². The molecule has 0 spiro atoms. The van der Waals surface area contributed by atoms with Crippen molar-refractivity contribution in [1.29, 1.82) is 0 Å². The number of halogens is 3. The predicted octanol–water partition coefficient (Wildman–Crippen LogP) is 3.71. The highest BCUT2D eigenvalue weighted by Gasteiger charge is 2.36. The Bertz CT molecular complexity index is 899. The molecule has 0 aromatic heterocycles. The van der Waals surface area contributed by atoms with Crippen LogP contribution in [0, 0.1) is 37.2 Å². The van der Waals surface area contributed by atoms with Crippen molar-refractivity contribution in [2.75, 3.05) is 16.8 Å². The largest absolute Gasteiger partial charge is 0.323 e. The molecular formula is C19H17F3N2O2. The van der Waals surface area contributed by atoms with Crippen LogP contribution in [0.5, 0.6) is 0 Å². The molecule has 3 rings (SSSR count). The molecule has 1 unspecified atom stereocenters. The normalized spacial score (nSPS) is 16.9. The summed E-state index contributed by atoms with van der Waals surface area (Å²) in [7, 11) is 0. The number of anilines is 2. The van der Waals surface area contributed by atoms with Crippen molar-refractivity contribution >= 4 is 23.2 Å². The predicted molar refractivity (Wildman–Crippen MR) is 91.3 cm³/mol. The molecule has 0 aliphatic carbocycles. The second kappa shape index (κ2) is 6.82. The topological polar surface area (TPSA) is 49.4 Å². The van der Waals surface area contributed by atoms with E-state index in [4.69, 9.17) is 0 Å². The SMILES string of the molecule is Cc1ccc(C)c(N2CC(C(=O)Nc3ccc(F)c(F)c3F)CC2=O)c1. The first-order valence-corrected chi connectivity index (χ1v) is 8.10. The second-order valence-corrected chi connectivity index (χ2v) is 6.41. The molecule has 1 atom stereocenters. The summed E-state index contributed by atoms with van der Waals surface area (Å²) in [6, 6.07) is 7.36. The van der Waals surface area contributed by atoms with Crippen LogP contribution in [0.1, 0.15) is 17.5 Å². The molecule has 1 saturated heterocycles. The summed E-state index contributed by atoms with van der Waals surface area (Å²) in [5.74, 6) is -6.00. The number of nitrogens with one attached hydrogen (secondary N) is 1. The van der Waals surface area contributed by atoms with Crippen molar-refractivity contribution in [3.63, 3.8) is 0 Å². The van der Waals surface area contributed by atoms with E-state index in [0.717, 1.165) is 28.9 Å². The molecule has 0 radical (unpaired) electrons. The van der Waals surface area contributed by atoms with Crippen LogP contribution in [-0.4, -0.2) is 18.4 Å². The highest BCUT2D eigenvalue weighted by molar-refractivity contribution is 6.03. The number of benzene rings is 2. The fourth-order valence-corrected chi connectivity index (χ4v) is 2.98. The maximum atomic E-state index is 13.7. The number of aryl methyl sites for hydroxylation is 2. The van der Waals surface area contributed by atoms with Gasteiger partial charge in [-0.25, -0.2) is 13.2 Å². The molecule has 1 aliphatic heterocycles. The molecule has 0 bridgehead atoms. The fourth-order valence-electron chi connectivity index (χ4n) is 2.98. The van der Waals surface area contributed by atoms with Gasteiger partial charge in [0, 0.05) is 18.7 Å². The van der Waals surface area contributed by atoms with Crippen molar-refractivity contribution in [3.05, 3.63) is 58.9 Å². The number of carbonyl (C=O) groups excluding carboxylic acids is 2. The van der Waals surface area contributed by atoms with Crippen molar-refractivity contribution in [2.24, 2.45) is 5.92 Å². The highest BCUT2D eigenvalue weighted by atomic mass is 19.2. The average molecular weight is 362 g/mol. The molecule has 0 saturated carbocycles. The maximum absolute atomic E-state index is 13.7. The van der Waals surface area contributed by atoms with Gasteiger partial charge in [-0.05, 0) is 43.2 Å². The number of hydrogen-bond acceptors (Lipinski definition) is 2. The Morgan fingerprint density at radius 2 is 1.85 bits per heavy atom. The quantitative estimate of drug-likeness (QED) is 0.847. The Kier molecular flexibility index (Phi) is 4.71. The van der Waals surface area contributed by atoms with Gasteiger partial charge in [-0.15, -0.1) is 0 Å². The Balaban J connectivity index is 1.77. The van der Waals surface area contributed by atoms with Crippen LogP contribution in [-0.2, 0) is 9.59 Å². The van der Waals surface area contributed by atoms with Crippen LogP contribution in [0.2, 0.25) is 0 Å². The van der Waals surface area contributed by atoms with Gasteiger partial charge in [0.15, 0.2) is 17.5 Å². The smallest absolute Gasteiger partial charge is 0.229 e. The third-order valence-corrected chi connectivity index (χ3v) is 4.44. The van der Waals surface area contributed by atoms with Gasteiger partial charge in [0.1, 0.15) is 0 Å². The Morgan fingerprint density at radius 1 is 1.12 bits per heavy atom. The summed E-state index contributed by atoms with van der Waals surface area (Å²) < 4.78 is 40.0. The average Bonchev–Trinajstić information content (AvgIpc) is 2.99. The summed E-state index contributed by atoms with van der Waals surface area (Å²) >= 11 is 0. The summed E-state index contributed by atoms with van der Waals surface area (Å²) in [6.07, 6.45) is -0.0372. The Hall–Kier alpha value is -2.83. The molecule has 4 nitrogen and oxygen atoms in total. The van der Waals surface area contributed by atoms with Crippen molar-refractivity contribution in [3.8, 4) is 0 Å². The van der Waals surface area contributed by atoms with E-state index in [1.807, 2.05) is 32.0 Å². The zero-order chi connectivity index (χ0) is 19.0. The zero-order valence-corrected chi connectivity index (χ0v) is 14.3. The molecular weight excluding hydrogens is 345 g/mol. The lowest BCUT2D eigenvalue weighted by Crippen LogP contribution is -2.29. The molecule has 1 aliphatic rings. The lowest BCUT2D eigenvalue weighted by Gasteiger charge is -2.19. The van der Waals surface area contributed by atoms with Crippen molar-refractivity contribution < 1.29 is 22.8 Å². The Morgan fingerprint density at radius 3 is 2.58 bits per heavy atom. The molecule has 2 amide bonds. The van der Waals surface area contributed by atoms with Crippen LogP contribution < -0.4 is 10.2 Å². The first-order valence-electron chi connectivity index (χ1n) is 8.10. The molecule has 136 valence electrons. The van der Waals surface area contributed by atoms with Crippen LogP contribution >= 0.6 is 0 Å². The van der Waals surface area contributed by atoms with Crippen LogP contribution in [0.25, 0.3) is 0 Å². The maximum Gasteiger partial charge on any atom is 0.229 e. The van der Waals surface area contributed by atoms with Crippen molar-refractivity contribution in [2.45, 2.75) is 20.3 Å². The van der Waals surface area contributed by atoms with E-state index in [2.05, 4.69) is 5.32 Å². The highest BCUT2D eigenvalue weighted by Crippen LogP contribution is 2.30. The fraction of sp³-hybridized carbons (Fsp3) is 0.263. The van der Waals surface area contributed by atoms with Gasteiger partial charge in [0.25, 0.3) is 0 Å².